The minimum atomic E-state index is -0.121. The zero-order chi connectivity index (χ0) is 14.4. The zero-order valence-corrected chi connectivity index (χ0v) is 12.4. The van der Waals surface area contributed by atoms with Crippen LogP contribution in [0.2, 0.25) is 0 Å². The van der Waals surface area contributed by atoms with Gasteiger partial charge >= 0.3 is 0 Å². The molecule has 3 aromatic rings. The fourth-order valence-electron chi connectivity index (χ4n) is 2.78. The highest BCUT2D eigenvalue weighted by molar-refractivity contribution is 5.99. The zero-order valence-electron chi connectivity index (χ0n) is 11.6. The van der Waals surface area contributed by atoms with Crippen LogP contribution >= 0.6 is 12.4 Å². The molecule has 112 valence electrons. The van der Waals surface area contributed by atoms with Gasteiger partial charge < -0.3 is 15.6 Å². The molecule has 1 unspecified atom stereocenters. The van der Waals surface area contributed by atoms with Crippen molar-refractivity contribution in [2.24, 2.45) is 5.73 Å². The molecule has 0 saturated carbocycles. The van der Waals surface area contributed by atoms with E-state index in [2.05, 4.69) is 15.3 Å². The van der Waals surface area contributed by atoms with Gasteiger partial charge in [-0.3, -0.25) is 4.79 Å². The molecule has 22 heavy (non-hydrogen) atoms. The van der Waals surface area contributed by atoms with Crippen molar-refractivity contribution in [1.29, 1.82) is 0 Å². The van der Waals surface area contributed by atoms with E-state index in [4.69, 9.17) is 5.73 Å². The maximum Gasteiger partial charge on any atom is 0.252 e. The smallest absolute Gasteiger partial charge is 0.252 e. The first-order valence-corrected chi connectivity index (χ1v) is 6.70. The van der Waals surface area contributed by atoms with E-state index in [0.717, 1.165) is 22.3 Å². The predicted molar refractivity (Wildman–Crippen MR) is 85.4 cm³/mol. The van der Waals surface area contributed by atoms with Crippen molar-refractivity contribution in [1.82, 2.24) is 19.9 Å². The van der Waals surface area contributed by atoms with Crippen molar-refractivity contribution in [2.45, 2.75) is 6.04 Å². The lowest BCUT2D eigenvalue weighted by Gasteiger charge is -2.10. The molecule has 0 saturated heterocycles. The molecule has 1 aliphatic rings. The Morgan fingerprint density at radius 1 is 1.32 bits per heavy atom. The third-order valence-electron chi connectivity index (χ3n) is 3.82. The van der Waals surface area contributed by atoms with E-state index >= 15 is 0 Å². The van der Waals surface area contributed by atoms with Crippen LogP contribution < -0.4 is 11.1 Å². The van der Waals surface area contributed by atoms with E-state index in [9.17, 15) is 4.79 Å². The third-order valence-corrected chi connectivity index (χ3v) is 3.82. The highest BCUT2D eigenvalue weighted by Crippen LogP contribution is 2.28. The summed E-state index contributed by atoms with van der Waals surface area (Å²) < 4.78 is 1.98. The van der Waals surface area contributed by atoms with Gasteiger partial charge in [0.15, 0.2) is 0 Å². The highest BCUT2D eigenvalue weighted by atomic mass is 35.5. The summed E-state index contributed by atoms with van der Waals surface area (Å²) in [6.07, 6.45) is 5.25. The minimum absolute atomic E-state index is 0. The number of nitrogens with zero attached hydrogens (tertiary/aromatic N) is 3. The van der Waals surface area contributed by atoms with E-state index < -0.39 is 0 Å². The number of halogens is 1. The van der Waals surface area contributed by atoms with Crippen LogP contribution in [0.4, 0.5) is 0 Å². The highest BCUT2D eigenvalue weighted by Gasteiger charge is 2.27. The number of nitrogens with two attached hydrogens (primary N) is 1. The molecule has 1 aliphatic heterocycles. The number of hydrogen-bond donors (Lipinski definition) is 2. The molecule has 0 aliphatic carbocycles. The van der Waals surface area contributed by atoms with E-state index in [-0.39, 0.29) is 24.4 Å². The summed E-state index contributed by atoms with van der Waals surface area (Å²) in [6.45, 7) is 0.386. The van der Waals surface area contributed by atoms with Gasteiger partial charge in [-0.1, -0.05) is 0 Å². The summed E-state index contributed by atoms with van der Waals surface area (Å²) in [7, 11) is 0. The molecule has 3 heterocycles. The van der Waals surface area contributed by atoms with Crippen molar-refractivity contribution in [3.63, 3.8) is 0 Å². The average Bonchev–Trinajstić information content (AvgIpc) is 3.08. The molecule has 0 bridgehead atoms. The number of carbonyl (C=O) groups excluding carboxylic acids is 1. The topological polar surface area (TPSA) is 85.8 Å². The largest absolute Gasteiger partial charge is 0.344 e. The lowest BCUT2D eigenvalue weighted by atomic mass is 10.0. The molecular formula is C15H14ClN5O. The van der Waals surface area contributed by atoms with Crippen LogP contribution in [0.25, 0.3) is 16.7 Å². The fourth-order valence-corrected chi connectivity index (χ4v) is 2.78. The summed E-state index contributed by atoms with van der Waals surface area (Å²) in [6, 6.07) is 7.59. The Morgan fingerprint density at radius 2 is 2.18 bits per heavy atom. The number of carbonyl (C=O) groups is 1. The van der Waals surface area contributed by atoms with Crippen LogP contribution in [-0.2, 0) is 0 Å². The number of amides is 1. The van der Waals surface area contributed by atoms with Crippen molar-refractivity contribution < 1.29 is 4.79 Å². The number of rotatable bonds is 2. The van der Waals surface area contributed by atoms with Crippen LogP contribution in [0.3, 0.4) is 0 Å². The lowest BCUT2D eigenvalue weighted by Crippen LogP contribution is -2.25. The standard InChI is InChI=1S/C15H13N5O.ClH/c16-6-13-12-5-10(1-2-11(12)15(21)19-13)20-4-3-9-7-17-8-18-14(9)20;/h1-5,7-8,13H,6,16H2,(H,19,21);1H. The maximum atomic E-state index is 11.9. The normalized spacial score (nSPS) is 16.2. The average molecular weight is 316 g/mol. The second kappa shape index (κ2) is 5.40. The van der Waals surface area contributed by atoms with Crippen molar-refractivity contribution in [3.8, 4) is 5.69 Å². The SMILES string of the molecule is Cl.NCC1NC(=O)c2ccc(-n3ccc4cncnc43)cc21. The maximum absolute atomic E-state index is 11.9. The first-order chi connectivity index (χ1) is 10.3. The monoisotopic (exact) mass is 315 g/mol. The van der Waals surface area contributed by atoms with Gasteiger partial charge in [-0.2, -0.15) is 0 Å². The van der Waals surface area contributed by atoms with E-state index in [1.54, 1.807) is 6.20 Å². The number of fused-ring (bicyclic) bond motifs is 2. The summed E-state index contributed by atoms with van der Waals surface area (Å²) in [5.41, 5.74) is 9.16. The number of benzene rings is 1. The minimum Gasteiger partial charge on any atom is -0.344 e. The summed E-state index contributed by atoms with van der Waals surface area (Å²) in [4.78, 5) is 20.2. The van der Waals surface area contributed by atoms with Gasteiger partial charge in [0.2, 0.25) is 0 Å². The molecule has 3 N–H and O–H groups in total. The number of hydrogen-bond acceptors (Lipinski definition) is 4. The van der Waals surface area contributed by atoms with Gasteiger partial charge in [0.1, 0.15) is 12.0 Å². The Hall–Kier alpha value is -2.44. The van der Waals surface area contributed by atoms with Crippen molar-refractivity contribution >= 4 is 29.3 Å². The van der Waals surface area contributed by atoms with Crippen LogP contribution in [-0.4, -0.2) is 27.0 Å². The first-order valence-electron chi connectivity index (χ1n) is 6.70. The quantitative estimate of drug-likeness (QED) is 0.752. The molecule has 0 radical (unpaired) electrons. The van der Waals surface area contributed by atoms with Crippen molar-refractivity contribution in [2.75, 3.05) is 6.54 Å². The van der Waals surface area contributed by atoms with Crippen LogP contribution in [0.5, 0.6) is 0 Å². The molecule has 0 spiro atoms. The fraction of sp³-hybridized carbons (Fsp3) is 0.133. The summed E-state index contributed by atoms with van der Waals surface area (Å²) in [5.74, 6) is -0.0633. The third kappa shape index (κ3) is 2.04. The van der Waals surface area contributed by atoms with Crippen molar-refractivity contribution in [3.05, 3.63) is 54.1 Å². The van der Waals surface area contributed by atoms with Crippen LogP contribution in [0, 0.1) is 0 Å². The summed E-state index contributed by atoms with van der Waals surface area (Å²) >= 11 is 0. The summed E-state index contributed by atoms with van der Waals surface area (Å²) in [5, 5.41) is 3.85. The Balaban J connectivity index is 0.00000144. The second-order valence-corrected chi connectivity index (χ2v) is 5.02. The first kappa shape index (κ1) is 14.5. The molecule has 1 amide bonds. The Morgan fingerprint density at radius 3 is 3.00 bits per heavy atom. The molecule has 4 rings (SSSR count). The van der Waals surface area contributed by atoms with Crippen LogP contribution in [0.1, 0.15) is 22.0 Å². The van der Waals surface area contributed by atoms with E-state index in [1.165, 1.54) is 6.33 Å². The molecule has 2 aromatic heterocycles. The molecule has 1 atom stereocenters. The van der Waals surface area contributed by atoms with Gasteiger partial charge in [0, 0.05) is 35.6 Å². The van der Waals surface area contributed by atoms with Gasteiger partial charge in [-0.25, -0.2) is 9.97 Å². The Bertz CT molecular complexity index is 860. The predicted octanol–water partition coefficient (Wildman–Crippen LogP) is 1.59. The van der Waals surface area contributed by atoms with Gasteiger partial charge in [-0.15, -0.1) is 12.4 Å². The number of nitrogens with one attached hydrogen (secondary N) is 1. The van der Waals surface area contributed by atoms with Gasteiger partial charge in [0.25, 0.3) is 5.91 Å². The molecule has 6 nitrogen and oxygen atoms in total. The van der Waals surface area contributed by atoms with Gasteiger partial charge in [0.05, 0.1) is 6.04 Å². The van der Waals surface area contributed by atoms with Crippen LogP contribution in [0.15, 0.2) is 43.0 Å². The van der Waals surface area contributed by atoms with E-state index in [0.29, 0.717) is 12.1 Å². The molecule has 7 heteroatoms. The van der Waals surface area contributed by atoms with E-state index in [1.807, 2.05) is 35.0 Å². The number of aromatic nitrogens is 3. The molecule has 0 fully saturated rings. The molecular weight excluding hydrogens is 302 g/mol. The lowest BCUT2D eigenvalue weighted by molar-refractivity contribution is 0.0957. The molecule has 1 aromatic carbocycles. The van der Waals surface area contributed by atoms with Gasteiger partial charge in [-0.05, 0) is 29.8 Å². The Labute approximate surface area is 132 Å². The Kier molecular flexibility index (Phi) is 3.56. The second-order valence-electron chi connectivity index (χ2n) is 5.02.